The van der Waals surface area contributed by atoms with Gasteiger partial charge in [0, 0.05) is 22.9 Å². The predicted octanol–water partition coefficient (Wildman–Crippen LogP) is 5.76. The molecule has 2 N–H and O–H groups in total. The summed E-state index contributed by atoms with van der Waals surface area (Å²) < 4.78 is 11.5. The van der Waals surface area contributed by atoms with Gasteiger partial charge >= 0.3 is 0 Å². The van der Waals surface area contributed by atoms with Crippen LogP contribution in [-0.4, -0.2) is 30.2 Å². The molecule has 0 bridgehead atoms. The van der Waals surface area contributed by atoms with Crippen LogP contribution in [0, 0.1) is 0 Å². The Hall–Kier alpha value is -3.20. The second kappa shape index (κ2) is 9.52. The molecule has 0 aliphatic heterocycles. The van der Waals surface area contributed by atoms with Crippen molar-refractivity contribution in [3.8, 4) is 22.1 Å². The summed E-state index contributed by atoms with van der Waals surface area (Å²) in [6, 6.07) is 18.3. The lowest BCUT2D eigenvalue weighted by Gasteiger charge is -2.12. The maximum Gasteiger partial charge on any atom is 0.257 e. The molecule has 0 radical (unpaired) electrons. The molecule has 4 rings (SSSR count). The monoisotopic (exact) mass is 483 g/mol. The zero-order chi connectivity index (χ0) is 22.7. The first-order valence-corrected chi connectivity index (χ1v) is 11.1. The molecule has 6 nitrogen and oxygen atoms in total. The van der Waals surface area contributed by atoms with Crippen molar-refractivity contribution in [1.82, 2.24) is 10.3 Å². The summed E-state index contributed by atoms with van der Waals surface area (Å²) in [5.41, 5.74) is 2.77. The number of nitrogens with one attached hydrogen (secondary N) is 2. The summed E-state index contributed by atoms with van der Waals surface area (Å²) in [6.07, 6.45) is 0. The summed E-state index contributed by atoms with van der Waals surface area (Å²) >= 11 is 13.4. The quantitative estimate of drug-likeness (QED) is 0.351. The molecule has 3 aromatic carbocycles. The van der Waals surface area contributed by atoms with Gasteiger partial charge in [0.05, 0.1) is 29.5 Å². The highest BCUT2D eigenvalue weighted by Gasteiger charge is 2.13. The number of fused-ring (bicyclic) bond motifs is 1. The van der Waals surface area contributed by atoms with Gasteiger partial charge < -0.3 is 14.8 Å². The highest BCUT2D eigenvalue weighted by atomic mass is 35.5. The number of halogens is 1. The van der Waals surface area contributed by atoms with Gasteiger partial charge in [-0.15, -0.1) is 11.3 Å². The molecule has 1 amide bonds. The third kappa shape index (κ3) is 4.83. The average molecular weight is 484 g/mol. The van der Waals surface area contributed by atoms with E-state index in [2.05, 4.69) is 15.6 Å². The first kappa shape index (κ1) is 22.0. The smallest absolute Gasteiger partial charge is 0.257 e. The number of hydrogen-bond donors (Lipinski definition) is 2. The Balaban J connectivity index is 1.47. The topological polar surface area (TPSA) is 72.5 Å². The van der Waals surface area contributed by atoms with Crippen LogP contribution in [0.3, 0.4) is 0 Å². The lowest BCUT2D eigenvalue weighted by molar-refractivity contribution is 0.0977. The number of thiazole rings is 1. The lowest BCUT2D eigenvalue weighted by Crippen LogP contribution is -2.34. The van der Waals surface area contributed by atoms with Gasteiger partial charge in [-0.2, -0.15) is 0 Å². The van der Waals surface area contributed by atoms with Crippen LogP contribution in [-0.2, 0) is 0 Å². The molecule has 1 heterocycles. The van der Waals surface area contributed by atoms with Gasteiger partial charge in [0.1, 0.15) is 16.5 Å². The van der Waals surface area contributed by atoms with E-state index in [-0.39, 0.29) is 5.11 Å². The number of anilines is 1. The molecular weight excluding hydrogens is 466 g/mol. The van der Waals surface area contributed by atoms with Crippen LogP contribution < -0.4 is 20.1 Å². The van der Waals surface area contributed by atoms with Crippen molar-refractivity contribution in [2.75, 3.05) is 19.5 Å². The second-order valence-corrected chi connectivity index (χ2v) is 8.54. The summed E-state index contributed by atoms with van der Waals surface area (Å²) in [7, 11) is 3.04. The Bertz CT molecular complexity index is 1270. The van der Waals surface area contributed by atoms with Gasteiger partial charge in [0.15, 0.2) is 5.11 Å². The number of methoxy groups -OCH3 is 2. The molecule has 1 aromatic heterocycles. The number of hydrogen-bond acceptors (Lipinski definition) is 6. The van der Waals surface area contributed by atoms with Crippen molar-refractivity contribution < 1.29 is 14.3 Å². The summed E-state index contributed by atoms with van der Waals surface area (Å²) in [5.74, 6) is 0.619. The molecule has 4 aromatic rings. The summed E-state index contributed by atoms with van der Waals surface area (Å²) in [5, 5.41) is 7.14. The predicted molar refractivity (Wildman–Crippen MR) is 133 cm³/mol. The molecule has 0 aliphatic carbocycles. The molecule has 0 atom stereocenters. The fourth-order valence-corrected chi connectivity index (χ4v) is 4.57. The Morgan fingerprint density at radius 2 is 1.75 bits per heavy atom. The van der Waals surface area contributed by atoms with Gasteiger partial charge in [0.2, 0.25) is 0 Å². The summed E-state index contributed by atoms with van der Waals surface area (Å²) in [4.78, 5) is 17.2. The fourth-order valence-electron chi connectivity index (χ4n) is 3.03. The normalized spacial score (nSPS) is 10.6. The molecule has 0 spiro atoms. The minimum Gasteiger partial charge on any atom is -0.497 e. The Kier molecular flexibility index (Phi) is 6.55. The van der Waals surface area contributed by atoms with Crippen LogP contribution in [0.15, 0.2) is 60.7 Å². The van der Waals surface area contributed by atoms with E-state index in [4.69, 9.17) is 33.3 Å². The van der Waals surface area contributed by atoms with Gasteiger partial charge in [-0.05, 0) is 54.7 Å². The van der Waals surface area contributed by atoms with Gasteiger partial charge in [-0.3, -0.25) is 10.1 Å². The third-order valence-electron chi connectivity index (χ3n) is 4.59. The Morgan fingerprint density at radius 1 is 1.03 bits per heavy atom. The molecule has 32 heavy (non-hydrogen) atoms. The fraction of sp³-hybridized carbons (Fsp3) is 0.0870. The van der Waals surface area contributed by atoms with E-state index in [1.165, 1.54) is 14.2 Å². The Labute approximate surface area is 199 Å². The van der Waals surface area contributed by atoms with E-state index < -0.39 is 5.91 Å². The third-order valence-corrected chi connectivity index (χ3v) is 6.18. The first-order valence-electron chi connectivity index (χ1n) is 9.47. The maximum absolute atomic E-state index is 12.6. The van der Waals surface area contributed by atoms with Crippen molar-refractivity contribution in [2.24, 2.45) is 0 Å². The number of nitrogens with zero attached hydrogens (tertiary/aromatic N) is 1. The van der Waals surface area contributed by atoms with Crippen molar-refractivity contribution in [3.63, 3.8) is 0 Å². The minimum absolute atomic E-state index is 0.139. The molecule has 9 heteroatoms. The molecular formula is C23H18ClN3O3S2. The number of benzene rings is 3. The van der Waals surface area contributed by atoms with Crippen molar-refractivity contribution in [1.29, 1.82) is 0 Å². The molecule has 0 unspecified atom stereocenters. The SMILES string of the molecule is COc1cc(OC)cc(C(=O)NC(=S)Nc2ccc(-c3nc4ccccc4s3)c(Cl)c2)c1. The summed E-state index contributed by atoms with van der Waals surface area (Å²) in [6.45, 7) is 0. The van der Waals surface area contributed by atoms with Gasteiger partial charge in [0.25, 0.3) is 5.91 Å². The van der Waals surface area contributed by atoms with E-state index in [0.29, 0.717) is 27.8 Å². The zero-order valence-electron chi connectivity index (χ0n) is 17.1. The van der Waals surface area contributed by atoms with E-state index in [1.807, 2.05) is 36.4 Å². The zero-order valence-corrected chi connectivity index (χ0v) is 19.5. The van der Waals surface area contributed by atoms with Crippen LogP contribution in [0.2, 0.25) is 5.02 Å². The number of thiocarbonyl (C=S) groups is 1. The molecule has 0 fully saturated rings. The van der Waals surface area contributed by atoms with Crippen LogP contribution in [0.4, 0.5) is 5.69 Å². The number of amides is 1. The van der Waals surface area contributed by atoms with Gasteiger partial charge in [-0.1, -0.05) is 23.7 Å². The van der Waals surface area contributed by atoms with E-state index in [9.17, 15) is 4.79 Å². The number of carbonyl (C=O) groups excluding carboxylic acids is 1. The number of para-hydroxylation sites is 1. The van der Waals surface area contributed by atoms with E-state index in [0.717, 1.165) is 20.8 Å². The number of carbonyl (C=O) groups is 1. The first-order chi connectivity index (χ1) is 15.5. The van der Waals surface area contributed by atoms with Crippen LogP contribution in [0.5, 0.6) is 11.5 Å². The van der Waals surface area contributed by atoms with E-state index in [1.54, 1.807) is 35.6 Å². The van der Waals surface area contributed by atoms with Crippen LogP contribution in [0.1, 0.15) is 10.4 Å². The minimum atomic E-state index is -0.392. The molecule has 162 valence electrons. The van der Waals surface area contributed by atoms with Crippen LogP contribution in [0.25, 0.3) is 20.8 Å². The number of rotatable bonds is 5. The Morgan fingerprint density at radius 3 is 2.41 bits per heavy atom. The van der Waals surface area contributed by atoms with Crippen LogP contribution >= 0.6 is 35.2 Å². The largest absolute Gasteiger partial charge is 0.497 e. The van der Waals surface area contributed by atoms with Gasteiger partial charge in [-0.25, -0.2) is 4.98 Å². The average Bonchev–Trinajstić information content (AvgIpc) is 3.22. The van der Waals surface area contributed by atoms with Crippen molar-refractivity contribution in [3.05, 3.63) is 71.2 Å². The maximum atomic E-state index is 12.6. The number of ether oxygens (including phenoxy) is 2. The molecule has 0 aliphatic rings. The van der Waals surface area contributed by atoms with Crippen molar-refractivity contribution >= 4 is 62.1 Å². The molecule has 0 saturated carbocycles. The second-order valence-electron chi connectivity index (χ2n) is 6.69. The number of aromatic nitrogens is 1. The van der Waals surface area contributed by atoms with Crippen molar-refractivity contribution in [2.45, 2.75) is 0 Å². The standard InChI is InChI=1S/C23H18ClN3O3S2/c1-29-15-9-13(10-16(12-15)30-2)21(28)27-23(31)25-14-7-8-17(18(24)11-14)22-26-19-5-3-4-6-20(19)32-22/h3-12H,1-2H3,(H2,25,27,28,31). The van der Waals surface area contributed by atoms with E-state index >= 15 is 0 Å². The molecule has 0 saturated heterocycles. The lowest BCUT2D eigenvalue weighted by atomic mass is 10.2. The highest BCUT2D eigenvalue weighted by Crippen LogP contribution is 2.35. The highest BCUT2D eigenvalue weighted by molar-refractivity contribution is 7.80.